The Hall–Kier alpha value is -4.34. The molecule has 31 heavy (non-hydrogen) atoms. The molecule has 10 nitrogen and oxygen atoms in total. The van der Waals surface area contributed by atoms with Crippen LogP contribution in [-0.2, 0) is 0 Å². The lowest BCUT2D eigenvalue weighted by molar-refractivity contribution is 0.0993. The van der Waals surface area contributed by atoms with E-state index in [0.717, 1.165) is 0 Å². The van der Waals surface area contributed by atoms with Crippen LogP contribution < -0.4 is 10.6 Å². The molecule has 0 atom stereocenters. The van der Waals surface area contributed by atoms with Crippen LogP contribution in [-0.4, -0.2) is 36.5 Å². The first-order valence-electron chi connectivity index (χ1n) is 9.49. The predicted octanol–water partition coefficient (Wildman–Crippen LogP) is 3.41. The summed E-state index contributed by atoms with van der Waals surface area (Å²) in [4.78, 5) is 33.0. The monoisotopic (exact) mass is 417 g/mol. The van der Waals surface area contributed by atoms with Crippen molar-refractivity contribution in [3.8, 4) is 11.5 Å². The zero-order valence-corrected chi connectivity index (χ0v) is 16.8. The highest BCUT2D eigenvalue weighted by Gasteiger charge is 2.14. The van der Waals surface area contributed by atoms with Crippen LogP contribution >= 0.6 is 0 Å². The van der Waals surface area contributed by atoms with Gasteiger partial charge in [-0.2, -0.15) is 0 Å². The lowest BCUT2D eigenvalue weighted by Gasteiger charge is -2.11. The third-order valence-corrected chi connectivity index (χ3v) is 4.39. The van der Waals surface area contributed by atoms with Crippen molar-refractivity contribution in [3.63, 3.8) is 0 Å². The van der Waals surface area contributed by atoms with Gasteiger partial charge in [-0.3, -0.25) is 9.59 Å². The molecule has 0 saturated carbocycles. The summed E-state index contributed by atoms with van der Waals surface area (Å²) in [5, 5.41) is 13.5. The summed E-state index contributed by atoms with van der Waals surface area (Å²) >= 11 is 0. The third-order valence-electron chi connectivity index (χ3n) is 4.39. The molecule has 10 heteroatoms. The van der Waals surface area contributed by atoms with Gasteiger partial charge in [0.1, 0.15) is 17.8 Å². The zero-order chi connectivity index (χ0) is 21.8. The molecule has 0 bridgehead atoms. The smallest absolute Gasteiger partial charge is 0.293 e. The fraction of sp³-hybridized carbons (Fsp3) is 0.143. The van der Waals surface area contributed by atoms with E-state index in [2.05, 4.69) is 30.8 Å². The van der Waals surface area contributed by atoms with E-state index < -0.39 is 5.91 Å². The molecule has 2 amide bonds. The van der Waals surface area contributed by atoms with E-state index in [4.69, 9.17) is 4.42 Å². The van der Waals surface area contributed by atoms with Crippen LogP contribution in [0.2, 0.25) is 0 Å². The second kappa shape index (κ2) is 8.57. The first-order valence-corrected chi connectivity index (χ1v) is 9.49. The molecule has 2 N–H and O–H groups in total. The topological polar surface area (TPSA) is 128 Å². The Labute approximate surface area is 177 Å². The van der Waals surface area contributed by atoms with Gasteiger partial charge in [0.05, 0.1) is 6.20 Å². The first-order chi connectivity index (χ1) is 15.0. The molecule has 0 saturated heterocycles. The maximum atomic E-state index is 12.7. The van der Waals surface area contributed by atoms with Gasteiger partial charge in [-0.15, -0.1) is 10.2 Å². The van der Waals surface area contributed by atoms with Gasteiger partial charge in [-0.05, 0) is 44.2 Å². The second-order valence-electron chi connectivity index (χ2n) is 6.92. The minimum Gasteiger partial charge on any atom is -0.438 e. The Morgan fingerprint density at radius 1 is 1.06 bits per heavy atom. The van der Waals surface area contributed by atoms with Crippen molar-refractivity contribution in [2.75, 3.05) is 10.6 Å². The Balaban J connectivity index is 1.50. The average molecular weight is 417 g/mol. The number of amides is 2. The minimum absolute atomic E-state index is 0.0742. The maximum Gasteiger partial charge on any atom is 0.293 e. The summed E-state index contributed by atoms with van der Waals surface area (Å²) in [7, 11) is 0. The molecule has 156 valence electrons. The number of rotatable bonds is 6. The molecular formula is C21H19N7O3. The number of hydrogen-bond donors (Lipinski definition) is 2. The number of nitrogens with one attached hydrogen (secondary N) is 2. The summed E-state index contributed by atoms with van der Waals surface area (Å²) < 4.78 is 6.86. The molecule has 0 fully saturated rings. The van der Waals surface area contributed by atoms with E-state index in [1.165, 1.54) is 12.6 Å². The molecule has 0 spiro atoms. The van der Waals surface area contributed by atoms with Gasteiger partial charge in [-0.25, -0.2) is 9.97 Å². The van der Waals surface area contributed by atoms with Gasteiger partial charge in [0.25, 0.3) is 11.8 Å². The average Bonchev–Trinajstić information content (AvgIpc) is 3.46. The molecule has 0 unspecified atom stereocenters. The molecule has 3 heterocycles. The van der Waals surface area contributed by atoms with Gasteiger partial charge in [-0.1, -0.05) is 12.1 Å². The zero-order valence-electron chi connectivity index (χ0n) is 16.8. The lowest BCUT2D eigenvalue weighted by atomic mass is 10.2. The van der Waals surface area contributed by atoms with Crippen LogP contribution in [0, 0.1) is 0 Å². The number of carbonyl (C=O) groups is 2. The molecule has 4 rings (SSSR count). The first kappa shape index (κ1) is 20.0. The molecule has 0 aliphatic heterocycles. The molecule has 0 aliphatic rings. The van der Waals surface area contributed by atoms with Crippen molar-refractivity contribution in [2.24, 2.45) is 0 Å². The summed E-state index contributed by atoms with van der Waals surface area (Å²) in [6, 6.07) is 12.0. The van der Waals surface area contributed by atoms with Gasteiger partial charge >= 0.3 is 0 Å². The van der Waals surface area contributed by atoms with Crippen LogP contribution in [0.4, 0.5) is 11.5 Å². The van der Waals surface area contributed by atoms with E-state index in [9.17, 15) is 9.59 Å². The van der Waals surface area contributed by atoms with E-state index in [-0.39, 0.29) is 17.7 Å². The Bertz CT molecular complexity index is 1220. The molecular weight excluding hydrogens is 398 g/mol. The fourth-order valence-electron chi connectivity index (χ4n) is 2.88. The number of hydrogen-bond acceptors (Lipinski definition) is 7. The Kier molecular flexibility index (Phi) is 5.52. The highest BCUT2D eigenvalue weighted by atomic mass is 16.3. The van der Waals surface area contributed by atoms with Crippen molar-refractivity contribution in [3.05, 3.63) is 72.7 Å². The van der Waals surface area contributed by atoms with Crippen LogP contribution in [0.5, 0.6) is 0 Å². The Morgan fingerprint density at radius 3 is 2.68 bits per heavy atom. The SMILES string of the molecule is CC(C)n1cnnc1-c1cccc(NC(=O)c2cccc(NC(=O)c3cnco3)c2)n1. The fourth-order valence-corrected chi connectivity index (χ4v) is 2.88. The van der Waals surface area contributed by atoms with E-state index in [1.807, 2.05) is 18.4 Å². The van der Waals surface area contributed by atoms with Crippen molar-refractivity contribution in [1.29, 1.82) is 0 Å². The van der Waals surface area contributed by atoms with Crippen LogP contribution in [0.1, 0.15) is 40.8 Å². The van der Waals surface area contributed by atoms with Crippen molar-refractivity contribution >= 4 is 23.3 Å². The number of nitrogens with zero attached hydrogens (tertiary/aromatic N) is 5. The summed E-state index contributed by atoms with van der Waals surface area (Å²) in [5.74, 6) is 0.231. The van der Waals surface area contributed by atoms with Gasteiger partial charge in [0.2, 0.25) is 5.76 Å². The molecule has 4 aromatic rings. The summed E-state index contributed by atoms with van der Waals surface area (Å²) in [6.07, 6.45) is 4.12. The van der Waals surface area contributed by atoms with E-state index in [0.29, 0.717) is 28.6 Å². The van der Waals surface area contributed by atoms with E-state index >= 15 is 0 Å². The van der Waals surface area contributed by atoms with Crippen LogP contribution in [0.3, 0.4) is 0 Å². The standard InChI is InChI=1S/C21H19N7O3/c1-13(2)28-11-23-27-19(28)16-7-4-8-18(25-16)26-20(29)14-5-3-6-15(9-14)24-21(30)17-10-22-12-31-17/h3-13H,1-2H3,(H,24,30)(H,25,26,29). The minimum atomic E-state index is -0.460. The number of benzene rings is 1. The number of aromatic nitrogens is 5. The van der Waals surface area contributed by atoms with Crippen molar-refractivity contribution in [1.82, 2.24) is 24.7 Å². The number of pyridine rings is 1. The summed E-state index contributed by atoms with van der Waals surface area (Å²) in [6.45, 7) is 4.04. The Morgan fingerprint density at radius 2 is 1.90 bits per heavy atom. The summed E-state index contributed by atoms with van der Waals surface area (Å²) in [5.41, 5.74) is 1.39. The number of anilines is 2. The molecule has 1 aromatic carbocycles. The van der Waals surface area contributed by atoms with Gasteiger partial charge < -0.3 is 19.6 Å². The van der Waals surface area contributed by atoms with Crippen LogP contribution in [0.15, 0.2) is 65.8 Å². The van der Waals surface area contributed by atoms with Crippen molar-refractivity contribution < 1.29 is 14.0 Å². The highest BCUT2D eigenvalue weighted by Crippen LogP contribution is 2.20. The molecule has 0 aliphatic carbocycles. The highest BCUT2D eigenvalue weighted by molar-refractivity contribution is 6.06. The molecule has 3 aromatic heterocycles. The maximum absolute atomic E-state index is 12.7. The van der Waals surface area contributed by atoms with E-state index in [1.54, 1.807) is 48.8 Å². The predicted molar refractivity (Wildman–Crippen MR) is 112 cm³/mol. The second-order valence-corrected chi connectivity index (χ2v) is 6.92. The quantitative estimate of drug-likeness (QED) is 0.492. The molecule has 0 radical (unpaired) electrons. The lowest BCUT2D eigenvalue weighted by Crippen LogP contribution is -2.15. The van der Waals surface area contributed by atoms with Gasteiger partial charge in [0.15, 0.2) is 12.2 Å². The normalized spacial score (nSPS) is 10.8. The number of oxazole rings is 1. The van der Waals surface area contributed by atoms with Gasteiger partial charge in [0, 0.05) is 17.3 Å². The van der Waals surface area contributed by atoms with Crippen molar-refractivity contribution in [2.45, 2.75) is 19.9 Å². The van der Waals surface area contributed by atoms with Crippen LogP contribution in [0.25, 0.3) is 11.5 Å². The third kappa shape index (κ3) is 4.47. The largest absolute Gasteiger partial charge is 0.438 e. The number of carbonyl (C=O) groups excluding carboxylic acids is 2.